The second-order valence-electron chi connectivity index (χ2n) is 15.1. The van der Waals surface area contributed by atoms with Crippen LogP contribution in [0.3, 0.4) is 0 Å². The molecule has 0 spiro atoms. The Bertz CT molecular complexity index is 2380. The van der Waals surface area contributed by atoms with E-state index < -0.39 is 11.1 Å². The van der Waals surface area contributed by atoms with Gasteiger partial charge < -0.3 is 4.74 Å². The summed E-state index contributed by atoms with van der Waals surface area (Å²) in [6, 6.07) is 31.2. The van der Waals surface area contributed by atoms with Gasteiger partial charge in [0.05, 0.1) is 11.2 Å². The summed E-state index contributed by atoms with van der Waals surface area (Å²) in [7, 11) is 0. The van der Waals surface area contributed by atoms with Crippen molar-refractivity contribution in [3.05, 3.63) is 130 Å². The Balaban J connectivity index is 1.16. The van der Waals surface area contributed by atoms with E-state index in [2.05, 4.69) is 139 Å². The highest BCUT2D eigenvalue weighted by atomic mass is 32.2. The van der Waals surface area contributed by atoms with Crippen molar-refractivity contribution >= 4 is 39.6 Å². The highest BCUT2D eigenvalue weighted by molar-refractivity contribution is 7.99. The van der Waals surface area contributed by atoms with Crippen LogP contribution >= 0.6 is 11.8 Å². The first-order valence-electron chi connectivity index (χ1n) is 16.6. The number of hydrogen-bond donors (Lipinski definition) is 0. The molecule has 2 aliphatic heterocycles. The predicted octanol–water partition coefficient (Wildman–Crippen LogP) is 10.3. The fourth-order valence-corrected chi connectivity index (χ4v) is 9.89. The van der Waals surface area contributed by atoms with Gasteiger partial charge in [0.25, 0.3) is 0 Å². The van der Waals surface area contributed by atoms with Crippen LogP contribution in [0.4, 0.5) is 0 Å². The van der Waals surface area contributed by atoms with Crippen molar-refractivity contribution in [1.29, 1.82) is 0 Å². The van der Waals surface area contributed by atoms with E-state index in [1.165, 1.54) is 65.1 Å². The second-order valence-corrected chi connectivity index (χ2v) is 16.2. The zero-order chi connectivity index (χ0) is 32.7. The molecule has 0 unspecified atom stereocenters. The third kappa shape index (κ3) is 3.56. The predicted molar refractivity (Wildman–Crippen MR) is 194 cm³/mol. The maximum Gasteiger partial charge on any atom is 0.217 e. The number of para-hydroxylation sites is 1. The lowest BCUT2D eigenvalue weighted by molar-refractivity contribution is -0.0136. The molecule has 4 heterocycles. The number of fused-ring (bicyclic) bond motifs is 8. The number of aliphatic imine (C=N–C) groups is 1. The summed E-state index contributed by atoms with van der Waals surface area (Å²) in [6.07, 6.45) is 1.91. The van der Waals surface area contributed by atoms with Crippen molar-refractivity contribution in [2.24, 2.45) is 4.99 Å². The molecule has 2 aromatic heterocycles. The molecule has 4 aromatic carbocycles. The lowest BCUT2D eigenvalue weighted by Crippen LogP contribution is -2.51. The van der Waals surface area contributed by atoms with Gasteiger partial charge in [-0.15, -0.1) is 0 Å². The van der Waals surface area contributed by atoms with Crippen molar-refractivity contribution in [2.45, 2.75) is 87.2 Å². The van der Waals surface area contributed by atoms with Gasteiger partial charge >= 0.3 is 0 Å². The standard InChI is InChI=1S/C42H39N3OS/c1-24-19-26(38-44-41(7)31-16-10-9-15-30(31)40(5,6)42(41,8)46-38)22-27(20-24)47-35-23-34-33(21-25(35)2)39(3,4)32-17-11-13-28-29-14-12-18-43-37(29)45(34)36(28)32/h9-23H,1-8H3/t41-,42+/m1/s1. The van der Waals surface area contributed by atoms with Crippen molar-refractivity contribution in [2.75, 3.05) is 0 Å². The second kappa shape index (κ2) is 9.17. The molecule has 4 nitrogen and oxygen atoms in total. The SMILES string of the molecule is Cc1cc(Sc2cc3c(cc2C)C(C)(C)c2cccc4c5cccnc5n-3c24)cc(C2=N[C@]3(C)c4ccccc4C(C)(C)[C@]3(C)O2)c1. The molecule has 0 N–H and O–H groups in total. The monoisotopic (exact) mass is 633 g/mol. The summed E-state index contributed by atoms with van der Waals surface area (Å²) in [6.45, 7) is 18.2. The molecule has 1 aliphatic carbocycles. The molecule has 0 amide bonds. The summed E-state index contributed by atoms with van der Waals surface area (Å²) in [5, 5.41) is 2.46. The van der Waals surface area contributed by atoms with E-state index in [1.54, 1.807) is 0 Å². The van der Waals surface area contributed by atoms with Gasteiger partial charge in [-0.25, -0.2) is 9.98 Å². The Labute approximate surface area is 280 Å². The van der Waals surface area contributed by atoms with Gasteiger partial charge in [0.15, 0.2) is 0 Å². The maximum atomic E-state index is 6.97. The van der Waals surface area contributed by atoms with E-state index in [0.29, 0.717) is 0 Å². The van der Waals surface area contributed by atoms with E-state index in [-0.39, 0.29) is 10.8 Å². The van der Waals surface area contributed by atoms with Crippen LogP contribution < -0.4 is 0 Å². The Kier molecular flexibility index (Phi) is 5.62. The summed E-state index contributed by atoms with van der Waals surface area (Å²) < 4.78 is 9.36. The number of nitrogens with zero attached hydrogens (tertiary/aromatic N) is 3. The van der Waals surface area contributed by atoms with Crippen molar-refractivity contribution in [3.8, 4) is 5.69 Å². The molecule has 234 valence electrons. The zero-order valence-corrected chi connectivity index (χ0v) is 29.1. The number of rotatable bonds is 3. The van der Waals surface area contributed by atoms with Crippen LogP contribution in [0.15, 0.2) is 106 Å². The Morgan fingerprint density at radius 1 is 0.723 bits per heavy atom. The minimum Gasteiger partial charge on any atom is -0.467 e. The number of benzene rings is 4. The number of pyridine rings is 1. The topological polar surface area (TPSA) is 39.4 Å². The summed E-state index contributed by atoms with van der Waals surface area (Å²) >= 11 is 1.82. The summed E-state index contributed by atoms with van der Waals surface area (Å²) in [4.78, 5) is 12.7. The molecule has 5 heteroatoms. The van der Waals surface area contributed by atoms with Gasteiger partial charge in [-0.1, -0.05) is 88.0 Å². The van der Waals surface area contributed by atoms with Gasteiger partial charge in [0.2, 0.25) is 5.90 Å². The lowest BCUT2D eigenvalue weighted by atomic mass is 9.71. The highest BCUT2D eigenvalue weighted by Crippen LogP contribution is 2.61. The first kappa shape index (κ1) is 28.8. The third-order valence-electron chi connectivity index (χ3n) is 11.8. The average molecular weight is 634 g/mol. The number of ether oxygens (including phenoxy) is 1. The fraction of sp³-hybridized carbons (Fsp3) is 0.286. The summed E-state index contributed by atoms with van der Waals surface area (Å²) in [5.74, 6) is 0.732. The summed E-state index contributed by atoms with van der Waals surface area (Å²) in [5.41, 5.74) is 11.0. The Hall–Kier alpha value is -4.35. The number of hydrogen-bond acceptors (Lipinski definition) is 4. The highest BCUT2D eigenvalue weighted by Gasteiger charge is 2.67. The molecular formula is C42H39N3OS. The smallest absolute Gasteiger partial charge is 0.217 e. The van der Waals surface area contributed by atoms with Crippen LogP contribution in [-0.2, 0) is 21.1 Å². The minimum atomic E-state index is -0.493. The van der Waals surface area contributed by atoms with Crippen molar-refractivity contribution < 1.29 is 4.74 Å². The molecule has 0 radical (unpaired) electrons. The quantitative estimate of drug-likeness (QED) is 0.195. The molecule has 0 bridgehead atoms. The molecule has 9 rings (SSSR count). The van der Waals surface area contributed by atoms with E-state index in [1.807, 2.05) is 24.0 Å². The Morgan fingerprint density at radius 3 is 2.28 bits per heavy atom. The third-order valence-corrected chi connectivity index (χ3v) is 13.0. The van der Waals surface area contributed by atoms with Gasteiger partial charge in [0.1, 0.15) is 16.8 Å². The molecule has 3 aliphatic rings. The first-order chi connectivity index (χ1) is 22.3. The normalized spacial score (nSPS) is 22.9. The van der Waals surface area contributed by atoms with E-state index in [9.17, 15) is 0 Å². The van der Waals surface area contributed by atoms with E-state index in [4.69, 9.17) is 14.7 Å². The average Bonchev–Trinajstić information content (AvgIpc) is 3.57. The van der Waals surface area contributed by atoms with E-state index >= 15 is 0 Å². The molecule has 6 aromatic rings. The van der Waals surface area contributed by atoms with Gasteiger partial charge in [-0.05, 0) is 97.5 Å². The largest absolute Gasteiger partial charge is 0.467 e. The molecule has 47 heavy (non-hydrogen) atoms. The van der Waals surface area contributed by atoms with E-state index in [0.717, 1.165) is 17.1 Å². The number of aryl methyl sites for hydroxylation is 2. The van der Waals surface area contributed by atoms with Crippen LogP contribution in [0.2, 0.25) is 0 Å². The number of aromatic nitrogens is 2. The van der Waals surface area contributed by atoms with Crippen molar-refractivity contribution in [1.82, 2.24) is 9.55 Å². The lowest BCUT2D eigenvalue weighted by Gasteiger charge is -2.41. The van der Waals surface area contributed by atoms with Crippen LogP contribution in [0, 0.1) is 13.8 Å². The molecule has 0 fully saturated rings. The molecular weight excluding hydrogens is 595 g/mol. The van der Waals surface area contributed by atoms with Crippen molar-refractivity contribution in [3.63, 3.8) is 0 Å². The minimum absolute atomic E-state index is 0.141. The molecule has 2 atom stereocenters. The first-order valence-corrected chi connectivity index (χ1v) is 17.4. The zero-order valence-electron chi connectivity index (χ0n) is 28.3. The van der Waals surface area contributed by atoms with Crippen LogP contribution in [0.1, 0.15) is 80.5 Å². The Morgan fingerprint density at radius 2 is 1.47 bits per heavy atom. The molecule has 0 saturated carbocycles. The molecule has 0 saturated heterocycles. The van der Waals surface area contributed by atoms with Crippen LogP contribution in [0.25, 0.3) is 27.6 Å². The maximum absolute atomic E-state index is 6.97. The van der Waals surface area contributed by atoms with Gasteiger partial charge in [0, 0.05) is 43.2 Å². The fourth-order valence-electron chi connectivity index (χ4n) is 8.82. The van der Waals surface area contributed by atoms with Gasteiger partial charge in [-0.3, -0.25) is 4.57 Å². The van der Waals surface area contributed by atoms with Crippen LogP contribution in [0.5, 0.6) is 0 Å². The van der Waals surface area contributed by atoms with Crippen LogP contribution in [-0.4, -0.2) is 21.0 Å². The van der Waals surface area contributed by atoms with Gasteiger partial charge in [-0.2, -0.15) is 0 Å².